The predicted octanol–water partition coefficient (Wildman–Crippen LogP) is 3.51. The molecule has 1 atom stereocenters. The second-order valence-corrected chi connectivity index (χ2v) is 5.96. The van der Waals surface area contributed by atoms with E-state index in [9.17, 15) is 9.59 Å². The minimum atomic E-state index is -0.512. The average Bonchev–Trinajstić information content (AvgIpc) is 2.67. The standard InChI is InChI=1S/C21H24N2O3/c1-4-26-21(25)15(2)16(3)22-23-20(24)19(17-11-7-5-8-12-17)18-13-9-6-10-14-18/h5-15,19H,4H2,1-3H3,(H,23,24)/b22-16+/t15-/m1/s1. The number of benzene rings is 2. The summed E-state index contributed by atoms with van der Waals surface area (Å²) in [6.45, 7) is 5.47. The van der Waals surface area contributed by atoms with Gasteiger partial charge in [-0.05, 0) is 31.9 Å². The Morgan fingerprint density at radius 1 is 1.00 bits per heavy atom. The van der Waals surface area contributed by atoms with Gasteiger partial charge in [0.25, 0.3) is 5.91 Å². The van der Waals surface area contributed by atoms with Crippen LogP contribution in [0, 0.1) is 5.92 Å². The van der Waals surface area contributed by atoms with E-state index in [0.29, 0.717) is 12.3 Å². The number of nitrogens with zero attached hydrogens (tertiary/aromatic N) is 1. The smallest absolute Gasteiger partial charge is 0.314 e. The lowest BCUT2D eigenvalue weighted by molar-refractivity contribution is -0.145. The van der Waals surface area contributed by atoms with Crippen LogP contribution in [0.1, 0.15) is 37.8 Å². The Balaban J connectivity index is 2.20. The first-order valence-electron chi connectivity index (χ1n) is 8.65. The fourth-order valence-corrected chi connectivity index (χ4v) is 2.53. The van der Waals surface area contributed by atoms with Gasteiger partial charge in [-0.3, -0.25) is 9.59 Å². The summed E-state index contributed by atoms with van der Waals surface area (Å²) < 4.78 is 4.99. The third-order valence-electron chi connectivity index (χ3n) is 4.14. The van der Waals surface area contributed by atoms with Crippen molar-refractivity contribution in [1.29, 1.82) is 0 Å². The molecule has 0 unspecified atom stereocenters. The Kier molecular flexibility index (Phi) is 7.09. The number of ether oxygens (including phenoxy) is 1. The number of hydrazone groups is 1. The van der Waals surface area contributed by atoms with Crippen LogP contribution in [-0.2, 0) is 14.3 Å². The molecule has 0 saturated carbocycles. The van der Waals surface area contributed by atoms with Gasteiger partial charge in [-0.15, -0.1) is 0 Å². The van der Waals surface area contributed by atoms with Crippen LogP contribution in [0.25, 0.3) is 0 Å². The van der Waals surface area contributed by atoms with Crippen molar-refractivity contribution in [1.82, 2.24) is 5.43 Å². The molecular weight excluding hydrogens is 328 g/mol. The van der Waals surface area contributed by atoms with Crippen molar-refractivity contribution >= 4 is 17.6 Å². The van der Waals surface area contributed by atoms with Crippen molar-refractivity contribution in [2.24, 2.45) is 11.0 Å². The van der Waals surface area contributed by atoms with Gasteiger partial charge in [0, 0.05) is 5.71 Å². The van der Waals surface area contributed by atoms with Gasteiger partial charge in [0.1, 0.15) is 0 Å². The van der Waals surface area contributed by atoms with Crippen molar-refractivity contribution < 1.29 is 14.3 Å². The molecule has 0 radical (unpaired) electrons. The van der Waals surface area contributed by atoms with Gasteiger partial charge in [0.15, 0.2) is 0 Å². The van der Waals surface area contributed by atoms with E-state index in [1.807, 2.05) is 60.7 Å². The molecule has 1 amide bonds. The van der Waals surface area contributed by atoms with Crippen LogP contribution in [0.15, 0.2) is 65.8 Å². The summed E-state index contributed by atoms with van der Waals surface area (Å²) in [7, 11) is 0. The molecule has 0 aromatic heterocycles. The van der Waals surface area contributed by atoms with Crippen molar-refractivity contribution in [3.63, 3.8) is 0 Å². The van der Waals surface area contributed by atoms with Crippen molar-refractivity contribution in [3.8, 4) is 0 Å². The first-order valence-corrected chi connectivity index (χ1v) is 8.65. The summed E-state index contributed by atoms with van der Waals surface area (Å²) in [6, 6.07) is 19.1. The zero-order valence-corrected chi connectivity index (χ0v) is 15.3. The van der Waals surface area contributed by atoms with E-state index in [1.54, 1.807) is 20.8 Å². The van der Waals surface area contributed by atoms with Gasteiger partial charge < -0.3 is 4.74 Å². The number of hydrogen-bond acceptors (Lipinski definition) is 4. The second-order valence-electron chi connectivity index (χ2n) is 5.96. The maximum absolute atomic E-state index is 12.8. The quantitative estimate of drug-likeness (QED) is 0.471. The topological polar surface area (TPSA) is 67.8 Å². The molecule has 1 N–H and O–H groups in total. The third kappa shape index (κ3) is 5.02. The van der Waals surface area contributed by atoms with Crippen LogP contribution in [-0.4, -0.2) is 24.2 Å². The normalized spacial score (nSPS) is 12.5. The fraction of sp³-hybridized carbons (Fsp3) is 0.286. The number of hydrogen-bond donors (Lipinski definition) is 1. The molecule has 136 valence electrons. The summed E-state index contributed by atoms with van der Waals surface area (Å²) in [6.07, 6.45) is 0. The van der Waals surface area contributed by atoms with Crippen LogP contribution in [0.5, 0.6) is 0 Å². The monoisotopic (exact) mass is 352 g/mol. The van der Waals surface area contributed by atoms with Crippen molar-refractivity contribution in [2.45, 2.75) is 26.7 Å². The molecule has 0 bridgehead atoms. The highest BCUT2D eigenvalue weighted by atomic mass is 16.5. The average molecular weight is 352 g/mol. The SMILES string of the molecule is CCOC(=O)[C@H](C)/C(C)=N/NC(=O)C(c1ccccc1)c1ccccc1. The highest BCUT2D eigenvalue weighted by Crippen LogP contribution is 2.24. The van der Waals surface area contributed by atoms with E-state index in [-0.39, 0.29) is 11.9 Å². The number of esters is 1. The van der Waals surface area contributed by atoms with Gasteiger partial charge in [-0.25, -0.2) is 5.43 Å². The van der Waals surface area contributed by atoms with Crippen LogP contribution in [0.4, 0.5) is 0 Å². The van der Waals surface area contributed by atoms with Crippen LogP contribution in [0.3, 0.4) is 0 Å². The zero-order valence-electron chi connectivity index (χ0n) is 15.3. The summed E-state index contributed by atoms with van der Waals surface area (Å²) in [5.74, 6) is -1.60. The lowest BCUT2D eigenvalue weighted by Crippen LogP contribution is -2.29. The molecule has 26 heavy (non-hydrogen) atoms. The highest BCUT2D eigenvalue weighted by molar-refractivity contribution is 6.01. The molecule has 0 fully saturated rings. The second kappa shape index (κ2) is 9.51. The predicted molar refractivity (Wildman–Crippen MR) is 102 cm³/mol. The first kappa shape index (κ1) is 19.4. The Morgan fingerprint density at radius 3 is 1.96 bits per heavy atom. The van der Waals surface area contributed by atoms with Crippen LogP contribution in [0.2, 0.25) is 0 Å². The molecule has 0 saturated heterocycles. The highest BCUT2D eigenvalue weighted by Gasteiger charge is 2.23. The van der Waals surface area contributed by atoms with Gasteiger partial charge in [-0.2, -0.15) is 5.10 Å². The molecule has 0 heterocycles. The zero-order chi connectivity index (χ0) is 18.9. The maximum Gasteiger partial charge on any atom is 0.314 e. The molecule has 0 aliphatic carbocycles. The molecule has 2 rings (SSSR count). The van der Waals surface area contributed by atoms with Crippen molar-refractivity contribution in [2.75, 3.05) is 6.61 Å². The van der Waals surface area contributed by atoms with E-state index in [1.165, 1.54) is 0 Å². The largest absolute Gasteiger partial charge is 0.465 e. The molecule has 2 aromatic rings. The summed E-state index contributed by atoms with van der Waals surface area (Å²) >= 11 is 0. The molecule has 5 nitrogen and oxygen atoms in total. The Labute approximate surface area is 154 Å². The summed E-state index contributed by atoms with van der Waals surface area (Å²) in [5, 5.41) is 4.12. The van der Waals surface area contributed by atoms with Gasteiger partial charge in [-0.1, -0.05) is 60.7 Å². The molecule has 0 aliphatic rings. The van der Waals surface area contributed by atoms with Gasteiger partial charge in [0.2, 0.25) is 0 Å². The van der Waals surface area contributed by atoms with Crippen LogP contribution >= 0.6 is 0 Å². The minimum absolute atomic E-state index is 0.252. The summed E-state index contributed by atoms with van der Waals surface area (Å²) in [5.41, 5.74) is 4.85. The fourth-order valence-electron chi connectivity index (χ4n) is 2.53. The Morgan fingerprint density at radius 2 is 1.50 bits per heavy atom. The lowest BCUT2D eigenvalue weighted by atomic mass is 9.91. The lowest BCUT2D eigenvalue weighted by Gasteiger charge is -2.17. The number of rotatable bonds is 7. The molecule has 0 aliphatic heterocycles. The van der Waals surface area contributed by atoms with E-state index >= 15 is 0 Å². The third-order valence-corrected chi connectivity index (χ3v) is 4.14. The first-order chi connectivity index (χ1) is 12.5. The Hall–Kier alpha value is -2.95. The maximum atomic E-state index is 12.8. The number of nitrogens with one attached hydrogen (secondary N) is 1. The summed E-state index contributed by atoms with van der Waals surface area (Å²) in [4.78, 5) is 24.6. The molecule has 2 aromatic carbocycles. The van der Waals surface area contributed by atoms with Gasteiger partial charge in [0.05, 0.1) is 18.4 Å². The molecule has 0 spiro atoms. The minimum Gasteiger partial charge on any atom is -0.465 e. The van der Waals surface area contributed by atoms with E-state index in [2.05, 4.69) is 10.5 Å². The van der Waals surface area contributed by atoms with Gasteiger partial charge >= 0.3 is 5.97 Å². The van der Waals surface area contributed by atoms with Crippen LogP contribution < -0.4 is 5.43 Å². The molecule has 5 heteroatoms. The van der Waals surface area contributed by atoms with E-state index < -0.39 is 11.8 Å². The number of carbonyl (C=O) groups excluding carboxylic acids is 2. The van der Waals surface area contributed by atoms with Crippen molar-refractivity contribution in [3.05, 3.63) is 71.8 Å². The van der Waals surface area contributed by atoms with E-state index in [0.717, 1.165) is 11.1 Å². The number of carbonyl (C=O) groups is 2. The Bertz CT molecular complexity index is 718. The van der Waals surface area contributed by atoms with E-state index in [4.69, 9.17) is 4.74 Å². The number of amides is 1. The molecular formula is C21H24N2O3.